The summed E-state index contributed by atoms with van der Waals surface area (Å²) in [5.41, 5.74) is 0. The lowest BCUT2D eigenvalue weighted by atomic mass is 10.3. The molecule has 0 atom stereocenters. The monoisotopic (exact) mass is 349 g/mol. The summed E-state index contributed by atoms with van der Waals surface area (Å²) >= 11 is 3.12. The molecule has 122 valence electrons. The van der Waals surface area contributed by atoms with Crippen molar-refractivity contribution in [2.45, 2.75) is 6.54 Å². The van der Waals surface area contributed by atoms with Crippen molar-refractivity contribution in [3.8, 4) is 0 Å². The minimum atomic E-state index is 0.0384. The van der Waals surface area contributed by atoms with Gasteiger partial charge in [-0.1, -0.05) is 12.1 Å². The second kappa shape index (κ2) is 7.72. The molecule has 0 aromatic carbocycles. The molecule has 1 aliphatic rings. The molecule has 2 aromatic rings. The summed E-state index contributed by atoms with van der Waals surface area (Å²) in [4.78, 5) is 30.2. The van der Waals surface area contributed by atoms with Gasteiger partial charge in [-0.15, -0.1) is 22.7 Å². The van der Waals surface area contributed by atoms with Crippen LogP contribution >= 0.6 is 22.7 Å². The van der Waals surface area contributed by atoms with Crippen LogP contribution in [0.5, 0.6) is 0 Å². The summed E-state index contributed by atoms with van der Waals surface area (Å²) in [7, 11) is 0. The highest BCUT2D eigenvalue weighted by Gasteiger charge is 2.23. The predicted octanol–water partition coefficient (Wildman–Crippen LogP) is 1.88. The fourth-order valence-corrected chi connectivity index (χ4v) is 3.86. The van der Waals surface area contributed by atoms with Crippen LogP contribution in [0.15, 0.2) is 35.0 Å². The Kier molecular flexibility index (Phi) is 5.43. The van der Waals surface area contributed by atoms with Gasteiger partial charge in [-0.2, -0.15) is 0 Å². The molecule has 1 N–H and O–H groups in total. The number of amides is 2. The molecule has 3 rings (SSSR count). The zero-order valence-corrected chi connectivity index (χ0v) is 14.4. The van der Waals surface area contributed by atoms with Gasteiger partial charge in [0.1, 0.15) is 0 Å². The molecule has 2 aromatic heterocycles. The van der Waals surface area contributed by atoms with E-state index in [9.17, 15) is 9.59 Å². The van der Waals surface area contributed by atoms with E-state index in [2.05, 4.69) is 10.2 Å². The predicted molar refractivity (Wildman–Crippen MR) is 92.8 cm³/mol. The third-order valence-corrected chi connectivity index (χ3v) is 5.53. The van der Waals surface area contributed by atoms with Crippen LogP contribution in [0.3, 0.4) is 0 Å². The quantitative estimate of drug-likeness (QED) is 0.897. The maximum Gasteiger partial charge on any atom is 0.264 e. The van der Waals surface area contributed by atoms with Crippen LogP contribution in [0, 0.1) is 0 Å². The van der Waals surface area contributed by atoms with Crippen molar-refractivity contribution in [3.05, 3.63) is 44.8 Å². The van der Waals surface area contributed by atoms with Crippen LogP contribution in [-0.4, -0.2) is 54.3 Å². The minimum absolute atomic E-state index is 0.0384. The van der Waals surface area contributed by atoms with Gasteiger partial charge >= 0.3 is 0 Å². The number of thiophene rings is 2. The van der Waals surface area contributed by atoms with Gasteiger partial charge in [0.25, 0.3) is 5.91 Å². The number of hydrogen-bond acceptors (Lipinski definition) is 5. The maximum absolute atomic E-state index is 12.3. The van der Waals surface area contributed by atoms with E-state index in [0.717, 1.165) is 22.8 Å². The lowest BCUT2D eigenvalue weighted by Crippen LogP contribution is -2.50. The topological polar surface area (TPSA) is 52.7 Å². The first kappa shape index (κ1) is 16.2. The fraction of sp³-hybridized carbons (Fsp3) is 0.375. The third-order valence-electron chi connectivity index (χ3n) is 3.80. The van der Waals surface area contributed by atoms with E-state index in [1.165, 1.54) is 11.3 Å². The Morgan fingerprint density at radius 3 is 2.43 bits per heavy atom. The standard InChI is InChI=1S/C16H19N3O2S2/c20-15(17-11-13-3-1-9-22-13)12-18-5-7-19(8-6-18)16(21)14-4-2-10-23-14/h1-4,9-10H,5-8,11-12H2,(H,17,20). The van der Waals surface area contributed by atoms with Gasteiger partial charge in [0.05, 0.1) is 18.0 Å². The zero-order chi connectivity index (χ0) is 16.1. The fourth-order valence-electron chi connectivity index (χ4n) is 2.52. The molecule has 1 aliphatic heterocycles. The largest absolute Gasteiger partial charge is 0.350 e. The molecule has 0 unspecified atom stereocenters. The van der Waals surface area contributed by atoms with E-state index in [0.29, 0.717) is 26.2 Å². The van der Waals surface area contributed by atoms with Gasteiger partial charge in [0.2, 0.25) is 5.91 Å². The molecular formula is C16H19N3O2S2. The summed E-state index contributed by atoms with van der Waals surface area (Å²) in [6, 6.07) is 7.75. The second-order valence-corrected chi connectivity index (χ2v) is 7.38. The Bertz CT molecular complexity index is 632. The lowest BCUT2D eigenvalue weighted by Gasteiger charge is -2.34. The van der Waals surface area contributed by atoms with Gasteiger partial charge in [0, 0.05) is 31.1 Å². The molecule has 0 spiro atoms. The Hall–Kier alpha value is -1.70. The highest BCUT2D eigenvalue weighted by molar-refractivity contribution is 7.12. The molecule has 0 bridgehead atoms. The van der Waals surface area contributed by atoms with E-state index in [1.807, 2.05) is 39.9 Å². The van der Waals surface area contributed by atoms with Crippen LogP contribution < -0.4 is 5.32 Å². The van der Waals surface area contributed by atoms with Gasteiger partial charge in [0.15, 0.2) is 0 Å². The molecule has 0 aliphatic carbocycles. The summed E-state index contributed by atoms with van der Waals surface area (Å²) < 4.78 is 0. The van der Waals surface area contributed by atoms with Crippen molar-refractivity contribution in [2.24, 2.45) is 0 Å². The van der Waals surface area contributed by atoms with Crippen LogP contribution in [0.4, 0.5) is 0 Å². The summed E-state index contributed by atoms with van der Waals surface area (Å²) in [5.74, 6) is 0.137. The highest BCUT2D eigenvalue weighted by atomic mass is 32.1. The number of carbonyl (C=O) groups excluding carboxylic acids is 2. The summed E-state index contributed by atoms with van der Waals surface area (Å²) in [6.45, 7) is 3.82. The molecule has 3 heterocycles. The number of piperazine rings is 1. The SMILES string of the molecule is O=C(CN1CCN(C(=O)c2cccs2)CC1)NCc1cccs1. The molecule has 1 fully saturated rings. The van der Waals surface area contributed by atoms with Crippen molar-refractivity contribution in [3.63, 3.8) is 0 Å². The lowest BCUT2D eigenvalue weighted by molar-refractivity contribution is -0.122. The maximum atomic E-state index is 12.3. The van der Waals surface area contributed by atoms with Crippen molar-refractivity contribution < 1.29 is 9.59 Å². The molecule has 7 heteroatoms. The molecule has 0 saturated carbocycles. The van der Waals surface area contributed by atoms with Crippen molar-refractivity contribution >= 4 is 34.5 Å². The van der Waals surface area contributed by atoms with Crippen molar-refractivity contribution in [1.29, 1.82) is 0 Å². The van der Waals surface area contributed by atoms with Crippen molar-refractivity contribution in [2.75, 3.05) is 32.7 Å². The molecule has 2 amide bonds. The van der Waals surface area contributed by atoms with E-state index in [1.54, 1.807) is 11.3 Å². The summed E-state index contributed by atoms with van der Waals surface area (Å²) in [6.07, 6.45) is 0. The van der Waals surface area contributed by atoms with Crippen LogP contribution in [0.25, 0.3) is 0 Å². The van der Waals surface area contributed by atoms with E-state index in [4.69, 9.17) is 0 Å². The number of carbonyl (C=O) groups is 2. The van der Waals surface area contributed by atoms with E-state index in [-0.39, 0.29) is 11.8 Å². The minimum Gasteiger partial charge on any atom is -0.350 e. The first-order valence-corrected chi connectivity index (χ1v) is 9.32. The van der Waals surface area contributed by atoms with Gasteiger partial charge in [-0.3, -0.25) is 14.5 Å². The Labute approximate surface area is 143 Å². The molecule has 1 saturated heterocycles. The van der Waals surface area contributed by atoms with Crippen molar-refractivity contribution in [1.82, 2.24) is 15.1 Å². The van der Waals surface area contributed by atoms with E-state index < -0.39 is 0 Å². The Balaban J connectivity index is 1.40. The first-order chi connectivity index (χ1) is 11.2. The first-order valence-electron chi connectivity index (χ1n) is 7.56. The number of rotatable bonds is 5. The van der Waals surface area contributed by atoms with Gasteiger partial charge in [-0.25, -0.2) is 0 Å². The number of nitrogens with one attached hydrogen (secondary N) is 1. The Morgan fingerprint density at radius 1 is 1.04 bits per heavy atom. The molecular weight excluding hydrogens is 330 g/mol. The van der Waals surface area contributed by atoms with Crippen LogP contribution in [0.1, 0.15) is 14.5 Å². The second-order valence-electron chi connectivity index (χ2n) is 5.40. The summed E-state index contributed by atoms with van der Waals surface area (Å²) in [5, 5.41) is 6.86. The Morgan fingerprint density at radius 2 is 1.78 bits per heavy atom. The zero-order valence-electron chi connectivity index (χ0n) is 12.7. The average molecular weight is 349 g/mol. The van der Waals surface area contributed by atoms with E-state index >= 15 is 0 Å². The molecule has 5 nitrogen and oxygen atoms in total. The average Bonchev–Trinajstić information content (AvgIpc) is 3.26. The van der Waals surface area contributed by atoms with Gasteiger partial charge in [-0.05, 0) is 22.9 Å². The molecule has 23 heavy (non-hydrogen) atoms. The third kappa shape index (κ3) is 4.40. The van der Waals surface area contributed by atoms with Gasteiger partial charge < -0.3 is 10.2 Å². The molecule has 0 radical (unpaired) electrons. The number of nitrogens with zero attached hydrogens (tertiary/aromatic N) is 2. The highest BCUT2D eigenvalue weighted by Crippen LogP contribution is 2.13. The normalized spacial score (nSPS) is 15.6. The smallest absolute Gasteiger partial charge is 0.264 e. The number of hydrogen-bond donors (Lipinski definition) is 1. The van der Waals surface area contributed by atoms with Crippen LogP contribution in [-0.2, 0) is 11.3 Å². The van der Waals surface area contributed by atoms with Crippen LogP contribution in [0.2, 0.25) is 0 Å².